The van der Waals surface area contributed by atoms with Crippen molar-refractivity contribution in [2.45, 2.75) is 6.92 Å². The highest BCUT2D eigenvalue weighted by Crippen LogP contribution is 2.38. The number of fused-ring (bicyclic) bond motifs is 1. The van der Waals surface area contributed by atoms with Crippen molar-refractivity contribution in [1.29, 1.82) is 0 Å². The summed E-state index contributed by atoms with van der Waals surface area (Å²) in [6.07, 6.45) is 0. The van der Waals surface area contributed by atoms with E-state index in [1.54, 1.807) is 13.0 Å². The molecule has 0 amide bonds. The highest BCUT2D eigenvalue weighted by atomic mass is 35.5. The zero-order chi connectivity index (χ0) is 17.4. The molecule has 24 heavy (non-hydrogen) atoms. The number of ether oxygens (including phenoxy) is 1. The van der Waals surface area contributed by atoms with Gasteiger partial charge in [-0.1, -0.05) is 23.2 Å². The number of hydrogen-bond donors (Lipinski definition) is 0. The van der Waals surface area contributed by atoms with Crippen molar-refractivity contribution in [3.8, 4) is 11.5 Å². The molecule has 0 unspecified atom stereocenters. The smallest absolute Gasteiger partial charge is 0.336 e. The van der Waals surface area contributed by atoms with E-state index in [0.717, 1.165) is 0 Å². The Labute approximate surface area is 145 Å². The zero-order valence-electron chi connectivity index (χ0n) is 12.2. The lowest BCUT2D eigenvalue weighted by atomic mass is 10.1. The Balaban J connectivity index is 2.13. The third-order valence-electron chi connectivity index (χ3n) is 3.34. The lowest BCUT2D eigenvalue weighted by Gasteiger charge is -2.10. The number of hydrogen-bond acceptors (Lipinski definition) is 5. The van der Waals surface area contributed by atoms with Crippen LogP contribution in [0.15, 0.2) is 45.6 Å². The Morgan fingerprint density at radius 1 is 1.12 bits per heavy atom. The second kappa shape index (κ2) is 6.14. The van der Waals surface area contributed by atoms with E-state index in [1.165, 1.54) is 30.3 Å². The summed E-state index contributed by atoms with van der Waals surface area (Å²) in [5.74, 6) is 0.101. The monoisotopic (exact) mass is 365 g/mol. The lowest BCUT2D eigenvalue weighted by Crippen LogP contribution is -1.98. The largest absolute Gasteiger partial charge is 0.448 e. The molecule has 1 heterocycles. The van der Waals surface area contributed by atoms with E-state index < -0.39 is 10.5 Å². The lowest BCUT2D eigenvalue weighted by molar-refractivity contribution is -0.385. The normalized spacial score (nSPS) is 10.8. The highest BCUT2D eigenvalue weighted by Gasteiger charge is 2.18. The van der Waals surface area contributed by atoms with E-state index in [9.17, 15) is 14.9 Å². The van der Waals surface area contributed by atoms with Crippen LogP contribution in [0, 0.1) is 17.0 Å². The number of halogens is 2. The predicted molar refractivity (Wildman–Crippen MR) is 90.4 cm³/mol. The van der Waals surface area contributed by atoms with Crippen molar-refractivity contribution in [2.75, 3.05) is 0 Å². The average molecular weight is 366 g/mol. The molecule has 2 aromatic carbocycles. The number of nitro groups is 1. The molecule has 0 aliphatic carbocycles. The van der Waals surface area contributed by atoms with Gasteiger partial charge in [0.2, 0.25) is 5.75 Å². The molecule has 1 aromatic heterocycles. The minimum atomic E-state index is -0.611. The third-order valence-corrected chi connectivity index (χ3v) is 3.87. The summed E-state index contributed by atoms with van der Waals surface area (Å²) in [5, 5.41) is 12.2. The van der Waals surface area contributed by atoms with Crippen LogP contribution < -0.4 is 10.4 Å². The maximum atomic E-state index is 11.5. The van der Waals surface area contributed by atoms with E-state index in [4.69, 9.17) is 32.4 Å². The van der Waals surface area contributed by atoms with Crippen molar-refractivity contribution < 1.29 is 14.1 Å². The predicted octanol–water partition coefficient (Wildman–Crippen LogP) is 5.11. The second-order valence-corrected chi connectivity index (χ2v) is 5.84. The van der Waals surface area contributed by atoms with Gasteiger partial charge in [-0.2, -0.15) is 0 Å². The van der Waals surface area contributed by atoms with Crippen LogP contribution in [0.3, 0.4) is 0 Å². The van der Waals surface area contributed by atoms with Crippen LogP contribution in [0.5, 0.6) is 11.5 Å². The zero-order valence-corrected chi connectivity index (χ0v) is 13.7. The number of nitrogens with zero attached hydrogens (tertiary/aromatic N) is 1. The molecule has 0 radical (unpaired) electrons. The van der Waals surface area contributed by atoms with Gasteiger partial charge in [-0.15, -0.1) is 0 Å². The molecule has 8 heteroatoms. The molecule has 0 fully saturated rings. The van der Waals surface area contributed by atoms with Crippen LogP contribution in [0.4, 0.5) is 5.69 Å². The Bertz CT molecular complexity index is 1030. The molecule has 3 rings (SSSR count). The standard InChI is InChI=1S/C16H9Cl2NO5/c1-8-4-16(20)24-14-7-15(11(18)6-10(8)14)23-13-3-2-9(17)5-12(13)19(21)22/h2-7H,1H3. The molecule has 0 saturated heterocycles. The topological polar surface area (TPSA) is 82.6 Å². The molecule has 0 aliphatic heterocycles. The van der Waals surface area contributed by atoms with Gasteiger partial charge in [-0.3, -0.25) is 10.1 Å². The van der Waals surface area contributed by atoms with Crippen LogP contribution in [0.25, 0.3) is 11.0 Å². The van der Waals surface area contributed by atoms with E-state index in [0.29, 0.717) is 10.9 Å². The van der Waals surface area contributed by atoms with E-state index in [1.807, 2.05) is 0 Å². The Morgan fingerprint density at radius 3 is 2.58 bits per heavy atom. The van der Waals surface area contributed by atoms with Crippen molar-refractivity contribution in [3.05, 3.63) is 72.5 Å². The number of benzene rings is 2. The molecule has 0 atom stereocenters. The third kappa shape index (κ3) is 3.06. The van der Waals surface area contributed by atoms with Gasteiger partial charge in [0.25, 0.3) is 0 Å². The minimum Gasteiger partial charge on any atom is -0.448 e. The molecular formula is C16H9Cl2NO5. The summed E-state index contributed by atoms with van der Waals surface area (Å²) in [5.41, 5.74) is 0.165. The molecule has 6 nitrogen and oxygen atoms in total. The molecule has 0 aliphatic rings. The summed E-state index contributed by atoms with van der Waals surface area (Å²) >= 11 is 12.0. The highest BCUT2D eigenvalue weighted by molar-refractivity contribution is 6.33. The van der Waals surface area contributed by atoms with Gasteiger partial charge in [0, 0.05) is 28.6 Å². The van der Waals surface area contributed by atoms with E-state index in [2.05, 4.69) is 0 Å². The maximum absolute atomic E-state index is 11.5. The van der Waals surface area contributed by atoms with Gasteiger partial charge < -0.3 is 9.15 Å². The van der Waals surface area contributed by atoms with Gasteiger partial charge in [-0.05, 0) is 30.7 Å². The molecule has 0 saturated carbocycles. The van der Waals surface area contributed by atoms with E-state index >= 15 is 0 Å². The molecule has 3 aromatic rings. The second-order valence-electron chi connectivity index (χ2n) is 5.00. The SMILES string of the molecule is Cc1cc(=O)oc2cc(Oc3ccc(Cl)cc3[N+](=O)[O-])c(Cl)cc12. The van der Waals surface area contributed by atoms with Crippen molar-refractivity contribution >= 4 is 39.9 Å². The van der Waals surface area contributed by atoms with Crippen LogP contribution >= 0.6 is 23.2 Å². The van der Waals surface area contributed by atoms with Crippen LogP contribution in [0.1, 0.15) is 5.56 Å². The minimum absolute atomic E-state index is 0.0272. The molecule has 0 bridgehead atoms. The first-order valence-electron chi connectivity index (χ1n) is 6.71. The van der Waals surface area contributed by atoms with Crippen LogP contribution in [-0.4, -0.2) is 4.92 Å². The van der Waals surface area contributed by atoms with Crippen LogP contribution in [-0.2, 0) is 0 Å². The fraction of sp³-hybridized carbons (Fsp3) is 0.0625. The van der Waals surface area contributed by atoms with Crippen molar-refractivity contribution in [1.82, 2.24) is 0 Å². The Kier molecular flexibility index (Phi) is 4.17. The Hall–Kier alpha value is -2.57. The molecule has 122 valence electrons. The van der Waals surface area contributed by atoms with Crippen LogP contribution in [0.2, 0.25) is 10.0 Å². The Morgan fingerprint density at radius 2 is 1.88 bits per heavy atom. The first-order valence-corrected chi connectivity index (χ1v) is 7.46. The summed E-state index contributed by atoms with van der Waals surface area (Å²) in [6.45, 7) is 1.75. The number of nitro benzene ring substituents is 1. The summed E-state index contributed by atoms with van der Waals surface area (Å²) in [4.78, 5) is 22.0. The van der Waals surface area contributed by atoms with Gasteiger partial charge >= 0.3 is 11.3 Å². The van der Waals surface area contributed by atoms with Crippen molar-refractivity contribution in [3.63, 3.8) is 0 Å². The molecular weight excluding hydrogens is 357 g/mol. The van der Waals surface area contributed by atoms with Gasteiger partial charge in [0.15, 0.2) is 0 Å². The van der Waals surface area contributed by atoms with Crippen molar-refractivity contribution in [2.24, 2.45) is 0 Å². The average Bonchev–Trinajstić information content (AvgIpc) is 2.50. The van der Waals surface area contributed by atoms with Gasteiger partial charge in [-0.25, -0.2) is 4.79 Å². The van der Waals surface area contributed by atoms with E-state index in [-0.39, 0.29) is 32.8 Å². The maximum Gasteiger partial charge on any atom is 0.336 e. The number of rotatable bonds is 3. The summed E-state index contributed by atoms with van der Waals surface area (Å²) in [7, 11) is 0. The van der Waals surface area contributed by atoms with Gasteiger partial charge in [0.1, 0.15) is 11.3 Å². The fourth-order valence-corrected chi connectivity index (χ4v) is 2.60. The first-order chi connectivity index (χ1) is 11.3. The van der Waals surface area contributed by atoms with Gasteiger partial charge in [0.05, 0.1) is 9.95 Å². The summed E-state index contributed by atoms with van der Waals surface area (Å²) < 4.78 is 10.7. The molecule has 0 spiro atoms. The fourth-order valence-electron chi connectivity index (χ4n) is 2.24. The first kappa shape index (κ1) is 16.3. The summed E-state index contributed by atoms with van der Waals surface area (Å²) in [6, 6.07) is 8.35. The quantitative estimate of drug-likeness (QED) is 0.365. The molecule has 0 N–H and O–H groups in total. The number of aryl methyl sites for hydroxylation is 1.